The molecule has 0 saturated carbocycles. The Kier molecular flexibility index (Phi) is 3.36. The highest BCUT2D eigenvalue weighted by Crippen LogP contribution is 2.29. The van der Waals surface area contributed by atoms with Gasteiger partial charge in [0.05, 0.1) is 18.0 Å². The van der Waals surface area contributed by atoms with E-state index in [1.807, 2.05) is 25.7 Å². The van der Waals surface area contributed by atoms with Crippen LogP contribution in [0.1, 0.15) is 33.6 Å². The average Bonchev–Trinajstić information content (AvgIpc) is 2.68. The van der Waals surface area contributed by atoms with E-state index in [0.29, 0.717) is 6.54 Å². The summed E-state index contributed by atoms with van der Waals surface area (Å²) in [6.45, 7) is 7.20. The molecule has 2 amide bonds. The monoisotopic (exact) mass is 253 g/mol. The first-order valence-corrected chi connectivity index (χ1v) is 6.66. The number of hydrogen-bond donors (Lipinski definition) is 2. The maximum absolute atomic E-state index is 12.5. The zero-order chi connectivity index (χ0) is 13.5. The first-order valence-electron chi connectivity index (χ1n) is 6.66. The number of nitrogens with one attached hydrogen (secondary N) is 1. The lowest BCUT2D eigenvalue weighted by molar-refractivity contribution is -0.140. The van der Waals surface area contributed by atoms with E-state index < -0.39 is 6.04 Å². The summed E-state index contributed by atoms with van der Waals surface area (Å²) >= 11 is 0. The molecular formula is C13H23N3O2. The molecule has 0 aromatic heterocycles. The minimum absolute atomic E-state index is 0.00662. The molecule has 2 fully saturated rings. The van der Waals surface area contributed by atoms with Gasteiger partial charge < -0.3 is 16.0 Å². The van der Waals surface area contributed by atoms with Crippen molar-refractivity contribution in [2.45, 2.75) is 45.7 Å². The Morgan fingerprint density at radius 3 is 2.78 bits per heavy atom. The summed E-state index contributed by atoms with van der Waals surface area (Å²) in [6, 6.07) is -0.501. The van der Waals surface area contributed by atoms with Crippen LogP contribution in [-0.4, -0.2) is 41.9 Å². The van der Waals surface area contributed by atoms with Gasteiger partial charge in [-0.2, -0.15) is 0 Å². The highest BCUT2D eigenvalue weighted by atomic mass is 16.2. The number of carbonyl (C=O) groups excluding carboxylic acids is 2. The Morgan fingerprint density at radius 1 is 1.50 bits per heavy atom. The normalized spacial score (nSPS) is 29.8. The molecule has 0 aromatic carbocycles. The van der Waals surface area contributed by atoms with Gasteiger partial charge in [0.1, 0.15) is 0 Å². The van der Waals surface area contributed by atoms with Crippen molar-refractivity contribution >= 4 is 11.8 Å². The molecule has 3 N–H and O–H groups in total. The Bertz CT molecular complexity index is 362. The van der Waals surface area contributed by atoms with Crippen LogP contribution in [0.15, 0.2) is 0 Å². The van der Waals surface area contributed by atoms with Crippen molar-refractivity contribution in [1.29, 1.82) is 0 Å². The van der Waals surface area contributed by atoms with Crippen LogP contribution in [0.5, 0.6) is 0 Å². The number of piperidine rings is 1. The van der Waals surface area contributed by atoms with Gasteiger partial charge in [-0.3, -0.25) is 9.59 Å². The van der Waals surface area contributed by atoms with Gasteiger partial charge in [-0.1, -0.05) is 20.8 Å². The molecule has 5 nitrogen and oxygen atoms in total. The topological polar surface area (TPSA) is 75.4 Å². The van der Waals surface area contributed by atoms with E-state index in [1.165, 1.54) is 0 Å². The quantitative estimate of drug-likeness (QED) is 0.696. The third kappa shape index (κ3) is 2.23. The molecule has 0 bridgehead atoms. The van der Waals surface area contributed by atoms with Crippen molar-refractivity contribution < 1.29 is 9.59 Å². The third-order valence-electron chi connectivity index (χ3n) is 4.08. The van der Waals surface area contributed by atoms with E-state index in [1.54, 1.807) is 0 Å². The molecule has 102 valence electrons. The number of likely N-dealkylation sites (tertiary alicyclic amines) is 1. The Morgan fingerprint density at radius 2 is 2.17 bits per heavy atom. The summed E-state index contributed by atoms with van der Waals surface area (Å²) in [5.41, 5.74) is 5.80. The molecule has 2 heterocycles. The fourth-order valence-electron chi connectivity index (χ4n) is 2.77. The lowest BCUT2D eigenvalue weighted by Gasteiger charge is -2.39. The van der Waals surface area contributed by atoms with Crippen LogP contribution in [0.3, 0.4) is 0 Å². The van der Waals surface area contributed by atoms with E-state index in [2.05, 4.69) is 5.32 Å². The summed E-state index contributed by atoms with van der Waals surface area (Å²) in [5.74, 6) is 0.0328. The van der Waals surface area contributed by atoms with E-state index in [-0.39, 0.29) is 29.2 Å². The second-order valence-corrected chi connectivity index (χ2v) is 6.44. The summed E-state index contributed by atoms with van der Waals surface area (Å²) in [5, 5.41) is 2.85. The Labute approximate surface area is 108 Å². The minimum atomic E-state index is -0.507. The zero-order valence-corrected chi connectivity index (χ0v) is 11.4. The lowest BCUT2D eigenvalue weighted by Crippen LogP contribution is -2.57. The molecular weight excluding hydrogens is 230 g/mol. The van der Waals surface area contributed by atoms with Crippen molar-refractivity contribution in [3.05, 3.63) is 0 Å². The fraction of sp³-hybridized carbons (Fsp3) is 0.846. The molecule has 0 spiro atoms. The molecule has 0 radical (unpaired) electrons. The van der Waals surface area contributed by atoms with Crippen LogP contribution in [0.2, 0.25) is 0 Å². The van der Waals surface area contributed by atoms with E-state index in [9.17, 15) is 9.59 Å². The van der Waals surface area contributed by atoms with E-state index in [4.69, 9.17) is 5.73 Å². The maximum atomic E-state index is 12.5. The van der Waals surface area contributed by atoms with Gasteiger partial charge in [-0.25, -0.2) is 0 Å². The first-order chi connectivity index (χ1) is 8.32. The van der Waals surface area contributed by atoms with Gasteiger partial charge in [-0.05, 0) is 18.3 Å². The first kappa shape index (κ1) is 13.3. The standard InChI is InChI=1S/C13H23N3O2/c1-13(2,3)10(14)12(18)16-6-4-5-8-9(16)7-15-11(8)17/h8-10H,4-7,14H2,1-3H3,(H,15,17)/t8?,9?,10-/m0/s1. The molecule has 2 rings (SSSR count). The van der Waals surface area contributed by atoms with Crippen molar-refractivity contribution in [3.8, 4) is 0 Å². The summed E-state index contributed by atoms with van der Waals surface area (Å²) < 4.78 is 0. The van der Waals surface area contributed by atoms with Gasteiger partial charge in [0, 0.05) is 13.1 Å². The van der Waals surface area contributed by atoms with Crippen molar-refractivity contribution in [2.75, 3.05) is 13.1 Å². The van der Waals surface area contributed by atoms with Gasteiger partial charge >= 0.3 is 0 Å². The maximum Gasteiger partial charge on any atom is 0.240 e. The van der Waals surface area contributed by atoms with E-state index >= 15 is 0 Å². The van der Waals surface area contributed by atoms with Crippen LogP contribution >= 0.6 is 0 Å². The second kappa shape index (κ2) is 4.53. The van der Waals surface area contributed by atoms with Gasteiger partial charge in [0.2, 0.25) is 11.8 Å². The second-order valence-electron chi connectivity index (χ2n) is 6.44. The number of amides is 2. The smallest absolute Gasteiger partial charge is 0.240 e. The number of rotatable bonds is 1. The molecule has 0 aliphatic carbocycles. The Balaban J connectivity index is 2.13. The van der Waals surface area contributed by atoms with Gasteiger partial charge in [0.15, 0.2) is 0 Å². The van der Waals surface area contributed by atoms with Crippen molar-refractivity contribution in [2.24, 2.45) is 17.1 Å². The van der Waals surface area contributed by atoms with Crippen LogP contribution in [0, 0.1) is 11.3 Å². The van der Waals surface area contributed by atoms with Crippen LogP contribution in [0.25, 0.3) is 0 Å². The third-order valence-corrected chi connectivity index (χ3v) is 4.08. The number of nitrogens with zero attached hydrogens (tertiary/aromatic N) is 1. The van der Waals surface area contributed by atoms with Crippen LogP contribution in [-0.2, 0) is 9.59 Å². The summed E-state index contributed by atoms with van der Waals surface area (Å²) in [7, 11) is 0. The van der Waals surface area contributed by atoms with Crippen molar-refractivity contribution in [1.82, 2.24) is 10.2 Å². The highest BCUT2D eigenvalue weighted by Gasteiger charge is 2.44. The predicted molar refractivity (Wildman–Crippen MR) is 68.7 cm³/mol. The molecule has 3 atom stereocenters. The zero-order valence-electron chi connectivity index (χ0n) is 11.4. The lowest BCUT2D eigenvalue weighted by atomic mass is 9.84. The number of hydrogen-bond acceptors (Lipinski definition) is 3. The molecule has 2 saturated heterocycles. The summed E-state index contributed by atoms with van der Waals surface area (Å²) in [4.78, 5) is 25.9. The van der Waals surface area contributed by atoms with E-state index in [0.717, 1.165) is 19.4 Å². The molecule has 5 heteroatoms. The molecule has 2 aliphatic heterocycles. The highest BCUT2D eigenvalue weighted by molar-refractivity contribution is 5.87. The van der Waals surface area contributed by atoms with Gasteiger partial charge in [0.25, 0.3) is 0 Å². The van der Waals surface area contributed by atoms with Gasteiger partial charge in [-0.15, -0.1) is 0 Å². The largest absolute Gasteiger partial charge is 0.354 e. The molecule has 0 aromatic rings. The van der Waals surface area contributed by atoms with Crippen molar-refractivity contribution in [3.63, 3.8) is 0 Å². The summed E-state index contributed by atoms with van der Waals surface area (Å²) in [6.07, 6.45) is 1.77. The average molecular weight is 253 g/mol. The molecule has 2 unspecified atom stereocenters. The van der Waals surface area contributed by atoms with Crippen LogP contribution < -0.4 is 11.1 Å². The fourth-order valence-corrected chi connectivity index (χ4v) is 2.77. The molecule has 18 heavy (non-hydrogen) atoms. The SMILES string of the molecule is CC(C)(C)[C@@H](N)C(=O)N1CCCC2C(=O)NCC21. The number of fused-ring (bicyclic) bond motifs is 1. The number of carbonyl (C=O) groups is 2. The Hall–Kier alpha value is -1.10. The molecule has 2 aliphatic rings. The van der Waals surface area contributed by atoms with Crippen LogP contribution in [0.4, 0.5) is 0 Å². The number of nitrogens with two attached hydrogens (primary N) is 1. The predicted octanol–water partition coefficient (Wildman–Crippen LogP) is 0.0968. The minimum Gasteiger partial charge on any atom is -0.354 e.